The first-order chi connectivity index (χ1) is 12.8. The van der Waals surface area contributed by atoms with Crippen molar-refractivity contribution in [1.82, 2.24) is 5.32 Å². The van der Waals surface area contributed by atoms with Crippen molar-refractivity contribution in [3.63, 3.8) is 0 Å². The smallest absolute Gasteiger partial charge is 0.285 e. The van der Waals surface area contributed by atoms with Gasteiger partial charge in [-0.3, -0.25) is 4.79 Å². The molecule has 10 heteroatoms. The van der Waals surface area contributed by atoms with Gasteiger partial charge in [-0.1, -0.05) is 30.3 Å². The lowest BCUT2D eigenvalue weighted by Gasteiger charge is -2.13. The number of carbonyl (C=O) groups excluding carboxylic acids is 1. The van der Waals surface area contributed by atoms with Gasteiger partial charge in [0.25, 0.3) is 10.0 Å². The molecule has 1 amide bonds. The standard InChI is InChI=1S/C17H17N3O5S2/c21-17(18-9-8-13-4-2-1-3-5-13)11-26(22,23)14-6-7-15-16(10-14)27(24,25)20-12-19-15/h1-7,10,12H,8-9,11H2,(H,18,21)(H,19,20). The number of sulfonamides is 1. The number of benzene rings is 2. The average molecular weight is 407 g/mol. The summed E-state index contributed by atoms with van der Waals surface area (Å²) in [7, 11) is -7.95. The molecule has 0 aromatic heterocycles. The molecule has 3 rings (SSSR count). The lowest BCUT2D eigenvalue weighted by Crippen LogP contribution is -2.32. The normalized spacial score (nSPS) is 14.8. The van der Waals surface area contributed by atoms with Gasteiger partial charge in [-0.25, -0.2) is 8.42 Å². The van der Waals surface area contributed by atoms with Crippen LogP contribution in [0, 0.1) is 0 Å². The van der Waals surface area contributed by atoms with Crippen LogP contribution in [0.5, 0.6) is 0 Å². The van der Waals surface area contributed by atoms with Gasteiger partial charge < -0.3 is 10.6 Å². The lowest BCUT2D eigenvalue weighted by atomic mass is 10.1. The van der Waals surface area contributed by atoms with Crippen LogP contribution in [0.25, 0.3) is 0 Å². The van der Waals surface area contributed by atoms with E-state index < -0.39 is 31.5 Å². The molecular formula is C17H17N3O5S2. The highest BCUT2D eigenvalue weighted by Gasteiger charge is 2.26. The second kappa shape index (κ2) is 7.49. The fourth-order valence-electron chi connectivity index (χ4n) is 2.55. The monoisotopic (exact) mass is 407 g/mol. The van der Waals surface area contributed by atoms with E-state index in [-0.39, 0.29) is 15.5 Å². The summed E-state index contributed by atoms with van der Waals surface area (Å²) in [6.07, 6.45) is 1.60. The van der Waals surface area contributed by atoms with Crippen molar-refractivity contribution in [3.8, 4) is 0 Å². The highest BCUT2D eigenvalue weighted by atomic mass is 32.2. The molecule has 1 heterocycles. The van der Waals surface area contributed by atoms with E-state index in [0.29, 0.717) is 13.0 Å². The Labute approximate surface area is 157 Å². The van der Waals surface area contributed by atoms with Crippen molar-refractivity contribution in [2.45, 2.75) is 16.2 Å². The van der Waals surface area contributed by atoms with Gasteiger partial charge in [0.05, 0.1) is 10.6 Å². The second-order valence-corrected chi connectivity index (χ2v) is 9.45. The molecule has 0 unspecified atom stereocenters. The van der Waals surface area contributed by atoms with Crippen LogP contribution in [0.1, 0.15) is 5.56 Å². The number of nitrogens with zero attached hydrogens (tertiary/aromatic N) is 1. The van der Waals surface area contributed by atoms with Crippen LogP contribution in [-0.2, 0) is 31.1 Å². The van der Waals surface area contributed by atoms with Crippen LogP contribution >= 0.6 is 0 Å². The van der Waals surface area contributed by atoms with Crippen LogP contribution in [0.2, 0.25) is 0 Å². The number of rotatable bonds is 6. The van der Waals surface area contributed by atoms with Crippen molar-refractivity contribution in [1.29, 1.82) is 0 Å². The van der Waals surface area contributed by atoms with Crippen molar-refractivity contribution >= 4 is 37.8 Å². The Bertz CT molecular complexity index is 1090. The molecule has 1 aliphatic heterocycles. The number of carbonyl (C=O) groups is 1. The van der Waals surface area contributed by atoms with Crippen LogP contribution in [-0.4, -0.2) is 41.4 Å². The average Bonchev–Trinajstić information content (AvgIpc) is 2.62. The number of hydrogen-bond acceptors (Lipinski definition) is 6. The van der Waals surface area contributed by atoms with Crippen molar-refractivity contribution < 1.29 is 21.6 Å². The van der Waals surface area contributed by atoms with Crippen molar-refractivity contribution in [2.24, 2.45) is 4.40 Å². The molecule has 8 nitrogen and oxygen atoms in total. The third kappa shape index (κ3) is 4.52. The summed E-state index contributed by atoms with van der Waals surface area (Å²) in [6.45, 7) is 0.301. The predicted octanol–water partition coefficient (Wildman–Crippen LogP) is 0.962. The van der Waals surface area contributed by atoms with Crippen LogP contribution in [0.15, 0.2) is 62.7 Å². The summed E-state index contributed by atoms with van der Waals surface area (Å²) in [4.78, 5) is 11.5. The molecule has 0 spiro atoms. The molecule has 142 valence electrons. The SMILES string of the molecule is O=C(CS(=O)(=O)c1ccc2c(c1)S(=O)(=O)N=CN2)NCCc1ccccc1. The van der Waals surface area contributed by atoms with Gasteiger partial charge in [-0.05, 0) is 30.2 Å². The first-order valence-corrected chi connectivity index (χ1v) is 11.1. The minimum absolute atomic E-state index is 0.233. The predicted molar refractivity (Wildman–Crippen MR) is 101 cm³/mol. The van der Waals surface area contributed by atoms with E-state index in [0.717, 1.165) is 18.0 Å². The number of hydrogen-bond donors (Lipinski definition) is 2. The van der Waals surface area contributed by atoms with E-state index >= 15 is 0 Å². The molecule has 0 atom stereocenters. The maximum atomic E-state index is 12.5. The van der Waals surface area contributed by atoms with Gasteiger partial charge in [0, 0.05) is 6.54 Å². The van der Waals surface area contributed by atoms with Crippen LogP contribution < -0.4 is 10.6 Å². The van der Waals surface area contributed by atoms with Crippen LogP contribution in [0.3, 0.4) is 0 Å². The number of amides is 1. The number of anilines is 1. The Morgan fingerprint density at radius 1 is 1.11 bits per heavy atom. The van der Waals surface area contributed by atoms with E-state index in [4.69, 9.17) is 0 Å². The first kappa shape index (κ1) is 19.1. The third-order valence-corrected chi connectivity index (χ3v) is 6.79. The Morgan fingerprint density at radius 3 is 2.59 bits per heavy atom. The van der Waals surface area contributed by atoms with Gasteiger partial charge in [0.2, 0.25) is 5.91 Å². The third-order valence-electron chi connectivity index (χ3n) is 3.90. The van der Waals surface area contributed by atoms with Crippen molar-refractivity contribution in [2.75, 3.05) is 17.6 Å². The maximum Gasteiger partial charge on any atom is 0.285 e. The fourth-order valence-corrected chi connectivity index (χ4v) is 4.80. The minimum atomic E-state index is -3.99. The highest BCUT2D eigenvalue weighted by Crippen LogP contribution is 2.28. The number of sulfone groups is 1. The van der Waals surface area contributed by atoms with Gasteiger partial charge in [0.15, 0.2) is 9.84 Å². The molecule has 0 fully saturated rings. The number of nitrogens with one attached hydrogen (secondary N) is 2. The molecule has 2 aromatic carbocycles. The van der Waals surface area contributed by atoms with E-state index in [1.54, 1.807) is 0 Å². The Balaban J connectivity index is 1.67. The summed E-state index contributed by atoms with van der Waals surface area (Å²) < 4.78 is 52.1. The molecule has 0 saturated carbocycles. The highest BCUT2D eigenvalue weighted by molar-refractivity contribution is 7.92. The Hall–Kier alpha value is -2.72. The van der Waals surface area contributed by atoms with E-state index in [1.807, 2.05) is 30.3 Å². The molecule has 0 saturated heterocycles. The quantitative estimate of drug-likeness (QED) is 0.736. The molecular weight excluding hydrogens is 390 g/mol. The van der Waals surface area contributed by atoms with Gasteiger partial charge in [-0.2, -0.15) is 8.42 Å². The topological polar surface area (TPSA) is 122 Å². The van der Waals surface area contributed by atoms with Gasteiger partial charge >= 0.3 is 0 Å². The summed E-state index contributed by atoms with van der Waals surface area (Å²) in [5.41, 5.74) is 1.25. The zero-order chi connectivity index (χ0) is 19.5. The molecule has 2 aromatic rings. The second-order valence-electron chi connectivity index (χ2n) is 5.86. The molecule has 0 aliphatic carbocycles. The summed E-state index contributed by atoms with van der Waals surface area (Å²) >= 11 is 0. The fraction of sp³-hybridized carbons (Fsp3) is 0.176. The Morgan fingerprint density at radius 2 is 1.85 bits per heavy atom. The van der Waals surface area contributed by atoms with Gasteiger partial charge in [0.1, 0.15) is 17.0 Å². The summed E-state index contributed by atoms with van der Waals surface area (Å²) in [5.74, 6) is -1.42. The minimum Gasteiger partial charge on any atom is -0.355 e. The maximum absolute atomic E-state index is 12.5. The van der Waals surface area contributed by atoms with Gasteiger partial charge in [-0.15, -0.1) is 4.40 Å². The molecule has 27 heavy (non-hydrogen) atoms. The zero-order valence-electron chi connectivity index (χ0n) is 14.1. The van der Waals surface area contributed by atoms with E-state index in [9.17, 15) is 21.6 Å². The largest absolute Gasteiger partial charge is 0.355 e. The molecule has 2 N–H and O–H groups in total. The van der Waals surface area contributed by atoms with Crippen LogP contribution in [0.4, 0.5) is 5.69 Å². The van der Waals surface area contributed by atoms with E-state index in [2.05, 4.69) is 15.0 Å². The molecule has 0 bridgehead atoms. The zero-order valence-corrected chi connectivity index (χ0v) is 15.8. The molecule has 0 radical (unpaired) electrons. The van der Waals surface area contributed by atoms with E-state index in [1.165, 1.54) is 12.1 Å². The van der Waals surface area contributed by atoms with Crippen molar-refractivity contribution in [3.05, 3.63) is 54.1 Å². The first-order valence-electron chi connectivity index (χ1n) is 8.01. The summed E-state index contributed by atoms with van der Waals surface area (Å²) in [6, 6.07) is 13.1. The Kier molecular flexibility index (Phi) is 5.29. The number of fused-ring (bicyclic) bond motifs is 1. The lowest BCUT2D eigenvalue weighted by molar-refractivity contribution is -0.118. The summed E-state index contributed by atoms with van der Waals surface area (Å²) in [5, 5.41) is 5.20. The molecule has 1 aliphatic rings.